The van der Waals surface area contributed by atoms with Crippen LogP contribution in [-0.2, 0) is 14.3 Å². The molecule has 0 spiro atoms. The molecular weight excluding hydrogens is 380 g/mol. The number of benzene rings is 2. The molecule has 1 amide bonds. The van der Waals surface area contributed by atoms with Crippen molar-refractivity contribution in [2.75, 3.05) is 5.32 Å². The Morgan fingerprint density at radius 2 is 1.81 bits per heavy atom. The van der Waals surface area contributed by atoms with Crippen LogP contribution in [0.1, 0.15) is 18.1 Å². The molecule has 0 aromatic heterocycles. The first-order chi connectivity index (χ1) is 12.3. The fourth-order valence-corrected chi connectivity index (χ4v) is 2.47. The third-order valence-electron chi connectivity index (χ3n) is 3.57. The second-order valence-corrected chi connectivity index (χ2v) is 6.26. The fourth-order valence-electron chi connectivity index (χ4n) is 2.07. The zero-order chi connectivity index (χ0) is 19.3. The number of nitrogens with one attached hydrogen (secondary N) is 1. The molecule has 0 saturated heterocycles. The van der Waals surface area contributed by atoms with Gasteiger partial charge in [0.1, 0.15) is 5.82 Å². The van der Waals surface area contributed by atoms with Crippen LogP contribution in [-0.4, -0.2) is 18.0 Å². The van der Waals surface area contributed by atoms with Crippen LogP contribution in [0.5, 0.6) is 0 Å². The van der Waals surface area contributed by atoms with E-state index in [0.29, 0.717) is 16.3 Å². The van der Waals surface area contributed by atoms with E-state index >= 15 is 0 Å². The molecule has 0 radical (unpaired) electrons. The van der Waals surface area contributed by atoms with Crippen LogP contribution >= 0.6 is 23.2 Å². The minimum Gasteiger partial charge on any atom is -0.449 e. The summed E-state index contributed by atoms with van der Waals surface area (Å²) in [6.07, 6.45) is 1.16. The van der Waals surface area contributed by atoms with Crippen molar-refractivity contribution in [1.29, 1.82) is 0 Å². The molecule has 0 bridgehead atoms. The number of ether oxygens (including phenoxy) is 1. The summed E-state index contributed by atoms with van der Waals surface area (Å²) in [6.45, 7) is 3.19. The molecule has 0 aliphatic carbocycles. The lowest BCUT2D eigenvalue weighted by Gasteiger charge is -2.14. The van der Waals surface area contributed by atoms with E-state index in [1.165, 1.54) is 31.2 Å². The van der Waals surface area contributed by atoms with Crippen molar-refractivity contribution in [3.05, 3.63) is 69.5 Å². The SMILES string of the molecule is Cc1c(Cl)cccc1NC(=O)[C@@H](C)OC(=O)/C=C/c1c(F)cccc1Cl. The monoisotopic (exact) mass is 395 g/mol. The molecule has 2 aromatic carbocycles. The second kappa shape index (κ2) is 8.83. The standard InChI is InChI=1S/C19H16Cl2FNO3/c1-11-14(20)5-4-8-17(11)23-19(25)12(2)26-18(24)10-9-13-15(21)6-3-7-16(13)22/h3-10,12H,1-2H3,(H,23,25)/b10-9+/t12-/m1/s1. The molecule has 0 heterocycles. The zero-order valence-electron chi connectivity index (χ0n) is 14.1. The Hall–Kier alpha value is -2.37. The van der Waals surface area contributed by atoms with E-state index in [1.54, 1.807) is 25.1 Å². The predicted molar refractivity (Wildman–Crippen MR) is 101 cm³/mol. The van der Waals surface area contributed by atoms with Gasteiger partial charge < -0.3 is 10.1 Å². The molecule has 0 aliphatic heterocycles. The van der Waals surface area contributed by atoms with Gasteiger partial charge >= 0.3 is 5.97 Å². The highest BCUT2D eigenvalue weighted by atomic mass is 35.5. The van der Waals surface area contributed by atoms with E-state index in [4.69, 9.17) is 27.9 Å². The van der Waals surface area contributed by atoms with Gasteiger partial charge in [-0.3, -0.25) is 4.79 Å². The molecule has 0 unspecified atom stereocenters. The first-order valence-corrected chi connectivity index (χ1v) is 8.44. The van der Waals surface area contributed by atoms with Gasteiger partial charge in [-0.25, -0.2) is 9.18 Å². The smallest absolute Gasteiger partial charge is 0.331 e. The lowest BCUT2D eigenvalue weighted by Crippen LogP contribution is -2.29. The molecule has 1 atom stereocenters. The minimum atomic E-state index is -1.05. The summed E-state index contributed by atoms with van der Waals surface area (Å²) in [5, 5.41) is 3.32. The molecule has 1 N–H and O–H groups in total. The first kappa shape index (κ1) is 19.9. The minimum absolute atomic E-state index is 0.0674. The van der Waals surface area contributed by atoms with Crippen molar-refractivity contribution >= 4 is 46.8 Å². The Bertz CT molecular complexity index is 848. The largest absolute Gasteiger partial charge is 0.449 e. The third-order valence-corrected chi connectivity index (χ3v) is 4.31. The lowest BCUT2D eigenvalue weighted by molar-refractivity contribution is -0.148. The van der Waals surface area contributed by atoms with Gasteiger partial charge in [-0.2, -0.15) is 0 Å². The predicted octanol–water partition coefficient (Wildman–Crippen LogP) is 5.02. The van der Waals surface area contributed by atoms with Crippen LogP contribution in [0, 0.1) is 12.7 Å². The molecule has 4 nitrogen and oxygen atoms in total. The molecule has 2 aromatic rings. The summed E-state index contributed by atoms with van der Waals surface area (Å²) in [5.41, 5.74) is 1.30. The molecule has 0 aliphatic rings. The number of hydrogen-bond donors (Lipinski definition) is 1. The number of halogens is 3. The van der Waals surface area contributed by atoms with Gasteiger partial charge in [0.05, 0.1) is 5.02 Å². The van der Waals surface area contributed by atoms with Crippen LogP contribution in [0.4, 0.5) is 10.1 Å². The maximum atomic E-state index is 13.6. The molecule has 0 saturated carbocycles. The first-order valence-electron chi connectivity index (χ1n) is 7.68. The van der Waals surface area contributed by atoms with Gasteiger partial charge in [0.2, 0.25) is 0 Å². The highest BCUT2D eigenvalue weighted by Crippen LogP contribution is 2.23. The van der Waals surface area contributed by atoms with E-state index in [0.717, 1.165) is 6.08 Å². The van der Waals surface area contributed by atoms with Crippen LogP contribution in [0.2, 0.25) is 10.0 Å². The van der Waals surface area contributed by atoms with Gasteiger partial charge in [-0.05, 0) is 49.8 Å². The highest BCUT2D eigenvalue weighted by molar-refractivity contribution is 6.32. The summed E-state index contributed by atoms with van der Waals surface area (Å²) in [4.78, 5) is 24.0. The number of hydrogen-bond acceptors (Lipinski definition) is 3. The highest BCUT2D eigenvalue weighted by Gasteiger charge is 2.18. The van der Waals surface area contributed by atoms with E-state index in [2.05, 4.69) is 5.32 Å². The molecule has 136 valence electrons. The Kier molecular flexibility index (Phi) is 6.77. The molecular formula is C19H16Cl2FNO3. The Morgan fingerprint density at radius 3 is 2.50 bits per heavy atom. The van der Waals surface area contributed by atoms with Crippen molar-refractivity contribution in [2.24, 2.45) is 0 Å². The summed E-state index contributed by atoms with van der Waals surface area (Å²) in [5.74, 6) is -1.88. The Labute approximate surface area is 160 Å². The maximum absolute atomic E-state index is 13.6. The normalized spacial score (nSPS) is 12.0. The Morgan fingerprint density at radius 1 is 1.15 bits per heavy atom. The molecule has 26 heavy (non-hydrogen) atoms. The third kappa shape index (κ3) is 5.07. The van der Waals surface area contributed by atoms with Gasteiger partial charge in [0.15, 0.2) is 6.10 Å². The fraction of sp³-hybridized carbons (Fsp3) is 0.158. The van der Waals surface area contributed by atoms with E-state index in [-0.39, 0.29) is 10.6 Å². The quantitative estimate of drug-likeness (QED) is 0.570. The van der Waals surface area contributed by atoms with Crippen LogP contribution in [0.3, 0.4) is 0 Å². The maximum Gasteiger partial charge on any atom is 0.331 e. The number of esters is 1. The van der Waals surface area contributed by atoms with Gasteiger partial charge in [0.25, 0.3) is 5.91 Å². The molecule has 2 rings (SSSR count). The Balaban J connectivity index is 1.99. The number of carbonyl (C=O) groups is 2. The number of anilines is 1. The summed E-state index contributed by atoms with van der Waals surface area (Å²) in [6, 6.07) is 9.27. The number of carbonyl (C=O) groups excluding carboxylic acids is 2. The number of rotatable bonds is 5. The zero-order valence-corrected chi connectivity index (χ0v) is 15.6. The second-order valence-electron chi connectivity index (χ2n) is 5.45. The van der Waals surface area contributed by atoms with Crippen LogP contribution < -0.4 is 5.32 Å². The number of amides is 1. The van der Waals surface area contributed by atoms with E-state index in [1.807, 2.05) is 0 Å². The van der Waals surface area contributed by atoms with Crippen LogP contribution in [0.25, 0.3) is 6.08 Å². The van der Waals surface area contributed by atoms with Crippen molar-refractivity contribution in [1.82, 2.24) is 0 Å². The van der Waals surface area contributed by atoms with E-state index in [9.17, 15) is 14.0 Å². The van der Waals surface area contributed by atoms with Crippen molar-refractivity contribution in [2.45, 2.75) is 20.0 Å². The summed E-state index contributed by atoms with van der Waals surface area (Å²) < 4.78 is 18.7. The summed E-state index contributed by atoms with van der Waals surface area (Å²) >= 11 is 11.9. The topological polar surface area (TPSA) is 55.4 Å². The molecule has 7 heteroatoms. The average molecular weight is 396 g/mol. The lowest BCUT2D eigenvalue weighted by atomic mass is 10.2. The van der Waals surface area contributed by atoms with Crippen LogP contribution in [0.15, 0.2) is 42.5 Å². The van der Waals surface area contributed by atoms with Crippen molar-refractivity contribution in [3.63, 3.8) is 0 Å². The van der Waals surface area contributed by atoms with Crippen molar-refractivity contribution in [3.8, 4) is 0 Å². The average Bonchev–Trinajstić information content (AvgIpc) is 2.58. The van der Waals surface area contributed by atoms with Gasteiger partial charge in [0, 0.05) is 22.3 Å². The van der Waals surface area contributed by atoms with Gasteiger partial charge in [-0.15, -0.1) is 0 Å². The molecule has 0 fully saturated rings. The summed E-state index contributed by atoms with van der Waals surface area (Å²) in [7, 11) is 0. The van der Waals surface area contributed by atoms with Crippen molar-refractivity contribution < 1.29 is 18.7 Å². The van der Waals surface area contributed by atoms with Gasteiger partial charge in [-0.1, -0.05) is 35.3 Å². The van der Waals surface area contributed by atoms with E-state index < -0.39 is 23.8 Å².